The fraction of sp³-hybridized carbons (Fsp3) is 0.500. The Balaban J connectivity index is 1.83. The molecule has 4 nitrogen and oxygen atoms in total. The molecule has 2 N–H and O–H groups in total. The monoisotopic (exact) mass is 271 g/mol. The van der Waals surface area contributed by atoms with Crippen molar-refractivity contribution >= 4 is 5.82 Å². The van der Waals surface area contributed by atoms with E-state index in [2.05, 4.69) is 10.1 Å². The summed E-state index contributed by atoms with van der Waals surface area (Å²) in [5, 5.41) is 3.94. The largest absolute Gasteiger partial charge is 0.380 e. The van der Waals surface area contributed by atoms with Crippen molar-refractivity contribution in [1.82, 2.24) is 10.1 Å². The summed E-state index contributed by atoms with van der Waals surface area (Å²) < 4.78 is 5.48. The molecule has 1 saturated carbocycles. The molecule has 0 saturated heterocycles. The molecule has 2 aromatic rings. The molecule has 2 heterocycles. The average Bonchev–Trinajstić information content (AvgIpc) is 2.67. The molecule has 0 atom stereocenters. The molecule has 0 unspecified atom stereocenters. The normalized spacial score (nSPS) is 17.0. The molecule has 1 aliphatic rings. The van der Waals surface area contributed by atoms with Gasteiger partial charge in [0.05, 0.1) is 11.3 Å². The number of pyridine rings is 1. The molecule has 1 aliphatic carbocycles. The van der Waals surface area contributed by atoms with Gasteiger partial charge in [0.1, 0.15) is 5.76 Å². The Kier molecular flexibility index (Phi) is 4.00. The van der Waals surface area contributed by atoms with Gasteiger partial charge >= 0.3 is 0 Å². The van der Waals surface area contributed by atoms with Gasteiger partial charge in [-0.05, 0) is 18.1 Å². The summed E-state index contributed by atoms with van der Waals surface area (Å²) in [6, 6.07) is 5.82. The smallest absolute Gasteiger partial charge is 0.176 e. The van der Waals surface area contributed by atoms with Crippen molar-refractivity contribution in [2.75, 3.05) is 5.73 Å². The number of nitrogens with zero attached hydrogens (tertiary/aromatic N) is 2. The van der Waals surface area contributed by atoms with Crippen LogP contribution in [0.4, 0.5) is 5.82 Å². The molecule has 20 heavy (non-hydrogen) atoms. The van der Waals surface area contributed by atoms with Crippen LogP contribution in [0.15, 0.2) is 28.9 Å². The van der Waals surface area contributed by atoms with Crippen LogP contribution < -0.4 is 5.73 Å². The highest BCUT2D eigenvalue weighted by Crippen LogP contribution is 2.33. The molecule has 0 spiro atoms. The Labute approximate surface area is 119 Å². The minimum Gasteiger partial charge on any atom is -0.380 e. The number of nitrogens with two attached hydrogens (primary N) is 1. The van der Waals surface area contributed by atoms with Crippen LogP contribution in [-0.2, 0) is 6.42 Å². The molecular formula is C16H21N3O. The molecule has 0 amide bonds. The van der Waals surface area contributed by atoms with Gasteiger partial charge in [0.2, 0.25) is 0 Å². The van der Waals surface area contributed by atoms with Gasteiger partial charge in [0.25, 0.3) is 0 Å². The fourth-order valence-electron chi connectivity index (χ4n) is 3.09. The molecule has 3 rings (SSSR count). The molecule has 0 bridgehead atoms. The Morgan fingerprint density at radius 2 is 1.95 bits per heavy atom. The second-order valence-corrected chi connectivity index (χ2v) is 5.64. The fourth-order valence-corrected chi connectivity index (χ4v) is 3.09. The van der Waals surface area contributed by atoms with Crippen LogP contribution >= 0.6 is 0 Å². The SMILES string of the molecule is Nc1noc(CC2CCCCCC2)c1-c1ccccn1. The third kappa shape index (κ3) is 2.84. The van der Waals surface area contributed by atoms with Gasteiger partial charge in [-0.15, -0.1) is 0 Å². The Bertz CT molecular complexity index is 542. The van der Waals surface area contributed by atoms with E-state index >= 15 is 0 Å². The van der Waals surface area contributed by atoms with Gasteiger partial charge in [-0.1, -0.05) is 49.7 Å². The van der Waals surface area contributed by atoms with Crippen molar-refractivity contribution in [2.24, 2.45) is 5.92 Å². The third-order valence-electron chi connectivity index (χ3n) is 4.16. The zero-order chi connectivity index (χ0) is 13.8. The van der Waals surface area contributed by atoms with Crippen molar-refractivity contribution in [3.05, 3.63) is 30.2 Å². The molecule has 1 fully saturated rings. The zero-order valence-corrected chi connectivity index (χ0v) is 11.7. The van der Waals surface area contributed by atoms with E-state index in [4.69, 9.17) is 10.3 Å². The van der Waals surface area contributed by atoms with Crippen molar-refractivity contribution in [2.45, 2.75) is 44.9 Å². The van der Waals surface area contributed by atoms with E-state index in [1.54, 1.807) is 6.20 Å². The van der Waals surface area contributed by atoms with Gasteiger partial charge in [-0.2, -0.15) is 0 Å². The van der Waals surface area contributed by atoms with E-state index in [-0.39, 0.29) is 0 Å². The lowest BCUT2D eigenvalue weighted by Gasteiger charge is -2.12. The zero-order valence-electron chi connectivity index (χ0n) is 11.7. The van der Waals surface area contributed by atoms with E-state index < -0.39 is 0 Å². The third-order valence-corrected chi connectivity index (χ3v) is 4.16. The van der Waals surface area contributed by atoms with Crippen LogP contribution in [0.25, 0.3) is 11.3 Å². The Morgan fingerprint density at radius 3 is 2.65 bits per heavy atom. The standard InChI is InChI=1S/C16H21N3O/c17-16-15(13-9-5-6-10-18-13)14(20-19-16)11-12-7-3-1-2-4-8-12/h5-6,9-10,12H,1-4,7-8,11H2,(H2,17,19). The van der Waals surface area contributed by atoms with Crippen molar-refractivity contribution in [3.8, 4) is 11.3 Å². The predicted molar refractivity (Wildman–Crippen MR) is 79.0 cm³/mol. The number of rotatable bonds is 3. The molecule has 2 aromatic heterocycles. The lowest BCUT2D eigenvalue weighted by molar-refractivity contribution is 0.347. The van der Waals surface area contributed by atoms with Crippen molar-refractivity contribution < 1.29 is 4.52 Å². The summed E-state index contributed by atoms with van der Waals surface area (Å²) in [4.78, 5) is 4.37. The second kappa shape index (κ2) is 6.07. The number of aromatic nitrogens is 2. The summed E-state index contributed by atoms with van der Waals surface area (Å²) in [5.41, 5.74) is 7.70. The summed E-state index contributed by atoms with van der Waals surface area (Å²) >= 11 is 0. The second-order valence-electron chi connectivity index (χ2n) is 5.64. The minimum atomic E-state index is 0.451. The highest BCUT2D eigenvalue weighted by Gasteiger charge is 2.21. The number of nitrogen functional groups attached to an aromatic ring is 1. The first-order chi connectivity index (χ1) is 9.84. The molecule has 0 aliphatic heterocycles. The summed E-state index contributed by atoms with van der Waals surface area (Å²) in [6.45, 7) is 0. The van der Waals surface area contributed by atoms with Crippen LogP contribution in [0, 0.1) is 5.92 Å². The summed E-state index contributed by atoms with van der Waals surface area (Å²) in [7, 11) is 0. The first kappa shape index (κ1) is 13.2. The Morgan fingerprint density at radius 1 is 1.15 bits per heavy atom. The molecule has 106 valence electrons. The predicted octanol–water partition coefficient (Wildman–Crippen LogP) is 3.83. The molecule has 4 heteroatoms. The van der Waals surface area contributed by atoms with E-state index in [0.29, 0.717) is 11.7 Å². The minimum absolute atomic E-state index is 0.451. The lowest BCUT2D eigenvalue weighted by atomic mass is 9.93. The molecular weight excluding hydrogens is 250 g/mol. The van der Waals surface area contributed by atoms with Gasteiger partial charge < -0.3 is 10.3 Å². The summed E-state index contributed by atoms with van der Waals surface area (Å²) in [6.07, 6.45) is 10.6. The van der Waals surface area contributed by atoms with E-state index in [1.807, 2.05) is 18.2 Å². The summed E-state index contributed by atoms with van der Waals surface area (Å²) in [5.74, 6) is 2.03. The first-order valence-corrected chi connectivity index (χ1v) is 7.50. The maximum atomic E-state index is 5.96. The van der Waals surface area contributed by atoms with E-state index in [1.165, 1.54) is 38.5 Å². The number of hydrogen-bond acceptors (Lipinski definition) is 4. The van der Waals surface area contributed by atoms with Crippen LogP contribution in [0.5, 0.6) is 0 Å². The van der Waals surface area contributed by atoms with Gasteiger partial charge in [0, 0.05) is 12.6 Å². The molecule has 0 aromatic carbocycles. The van der Waals surface area contributed by atoms with E-state index in [9.17, 15) is 0 Å². The van der Waals surface area contributed by atoms with Crippen molar-refractivity contribution in [3.63, 3.8) is 0 Å². The first-order valence-electron chi connectivity index (χ1n) is 7.50. The van der Waals surface area contributed by atoms with Crippen molar-refractivity contribution in [1.29, 1.82) is 0 Å². The van der Waals surface area contributed by atoms with Gasteiger partial charge in [0.15, 0.2) is 5.82 Å². The Hall–Kier alpha value is -1.84. The van der Waals surface area contributed by atoms with E-state index in [0.717, 1.165) is 23.4 Å². The molecule has 0 radical (unpaired) electrons. The van der Waals surface area contributed by atoms with Crippen LogP contribution in [0.3, 0.4) is 0 Å². The number of anilines is 1. The van der Waals surface area contributed by atoms with Crippen LogP contribution in [-0.4, -0.2) is 10.1 Å². The van der Waals surface area contributed by atoms with Crippen LogP contribution in [0.1, 0.15) is 44.3 Å². The van der Waals surface area contributed by atoms with Crippen LogP contribution in [0.2, 0.25) is 0 Å². The maximum absolute atomic E-state index is 5.96. The highest BCUT2D eigenvalue weighted by molar-refractivity contribution is 5.72. The number of hydrogen-bond donors (Lipinski definition) is 1. The quantitative estimate of drug-likeness (QED) is 0.861. The highest BCUT2D eigenvalue weighted by atomic mass is 16.5. The topological polar surface area (TPSA) is 64.9 Å². The average molecular weight is 271 g/mol. The lowest BCUT2D eigenvalue weighted by Crippen LogP contribution is -2.04. The van der Waals surface area contributed by atoms with Gasteiger partial charge in [-0.25, -0.2) is 0 Å². The maximum Gasteiger partial charge on any atom is 0.176 e. The van der Waals surface area contributed by atoms with Gasteiger partial charge in [-0.3, -0.25) is 4.98 Å².